The third-order valence-electron chi connectivity index (χ3n) is 3.14. The van der Waals surface area contributed by atoms with Gasteiger partial charge in [0.15, 0.2) is 0 Å². The zero-order chi connectivity index (χ0) is 13.1. The molecule has 1 aliphatic rings. The summed E-state index contributed by atoms with van der Waals surface area (Å²) in [5, 5.41) is 0. The molecule has 106 valence electrons. The number of ether oxygens (including phenoxy) is 1. The molecule has 1 aromatic rings. The molecule has 1 heterocycles. The molecule has 0 spiro atoms. The number of nitrogens with zero attached hydrogens (tertiary/aromatic N) is 1. The lowest BCUT2D eigenvalue weighted by molar-refractivity contribution is 0.0708. The molecule has 6 heteroatoms. The SMILES string of the molecule is COc1ccc(C(=O)N2CCCC(N)C2)cc1Br.Cl. The van der Waals surface area contributed by atoms with Gasteiger partial charge >= 0.3 is 0 Å². The van der Waals surface area contributed by atoms with Crippen LogP contribution in [-0.4, -0.2) is 37.0 Å². The first-order valence-corrected chi connectivity index (χ1v) is 6.79. The van der Waals surface area contributed by atoms with Crippen LogP contribution in [-0.2, 0) is 0 Å². The Bertz CT molecular complexity index is 456. The van der Waals surface area contributed by atoms with Crippen LogP contribution in [0.2, 0.25) is 0 Å². The third-order valence-corrected chi connectivity index (χ3v) is 3.76. The van der Waals surface area contributed by atoms with Gasteiger partial charge in [0, 0.05) is 24.7 Å². The molecule has 1 aliphatic heterocycles. The van der Waals surface area contributed by atoms with Gasteiger partial charge in [-0.1, -0.05) is 0 Å². The predicted octanol–water partition coefficient (Wildman–Crippen LogP) is 2.44. The number of benzene rings is 1. The molecule has 0 aromatic heterocycles. The summed E-state index contributed by atoms with van der Waals surface area (Å²) >= 11 is 3.39. The van der Waals surface area contributed by atoms with Crippen molar-refractivity contribution in [3.05, 3.63) is 28.2 Å². The Morgan fingerprint density at radius 2 is 2.26 bits per heavy atom. The quantitative estimate of drug-likeness (QED) is 0.892. The van der Waals surface area contributed by atoms with Gasteiger partial charge in [-0.2, -0.15) is 0 Å². The van der Waals surface area contributed by atoms with E-state index >= 15 is 0 Å². The number of carbonyl (C=O) groups excluding carboxylic acids is 1. The van der Waals surface area contributed by atoms with E-state index in [4.69, 9.17) is 10.5 Å². The lowest BCUT2D eigenvalue weighted by Gasteiger charge is -2.30. The topological polar surface area (TPSA) is 55.6 Å². The fourth-order valence-corrected chi connectivity index (χ4v) is 2.72. The standard InChI is InChI=1S/C13H17BrN2O2.ClH/c1-18-12-5-4-9(7-11(12)14)13(17)16-6-2-3-10(15)8-16;/h4-5,7,10H,2-3,6,8,15H2,1H3;1H. The molecule has 4 nitrogen and oxygen atoms in total. The molecule has 0 aliphatic carbocycles. The second kappa shape index (κ2) is 7.12. The van der Waals surface area contributed by atoms with Crippen LogP contribution in [0.15, 0.2) is 22.7 Å². The van der Waals surface area contributed by atoms with Gasteiger partial charge in [0.2, 0.25) is 0 Å². The van der Waals surface area contributed by atoms with Crippen LogP contribution in [0, 0.1) is 0 Å². The summed E-state index contributed by atoms with van der Waals surface area (Å²) in [5.41, 5.74) is 6.56. The third kappa shape index (κ3) is 3.84. The number of halogens is 2. The van der Waals surface area contributed by atoms with Gasteiger partial charge in [0.25, 0.3) is 5.91 Å². The Labute approximate surface area is 127 Å². The summed E-state index contributed by atoms with van der Waals surface area (Å²) in [6.07, 6.45) is 1.97. The second-order valence-corrected chi connectivity index (χ2v) is 5.36. The minimum atomic E-state index is 0. The van der Waals surface area contributed by atoms with Crippen LogP contribution in [0.3, 0.4) is 0 Å². The van der Waals surface area contributed by atoms with E-state index in [9.17, 15) is 4.79 Å². The molecule has 0 radical (unpaired) electrons. The van der Waals surface area contributed by atoms with Crippen molar-refractivity contribution in [3.8, 4) is 5.75 Å². The smallest absolute Gasteiger partial charge is 0.253 e. The molecule has 19 heavy (non-hydrogen) atoms. The molecule has 1 amide bonds. The van der Waals surface area contributed by atoms with Gasteiger partial charge < -0.3 is 15.4 Å². The van der Waals surface area contributed by atoms with Crippen LogP contribution in [0.1, 0.15) is 23.2 Å². The number of nitrogens with two attached hydrogens (primary N) is 1. The number of piperidine rings is 1. The largest absolute Gasteiger partial charge is 0.496 e. The highest BCUT2D eigenvalue weighted by atomic mass is 79.9. The molecule has 1 unspecified atom stereocenters. The van der Waals surface area contributed by atoms with Gasteiger partial charge in [0.1, 0.15) is 5.75 Å². The molecule has 0 bridgehead atoms. The molecule has 2 N–H and O–H groups in total. The van der Waals surface area contributed by atoms with Crippen LogP contribution in [0.25, 0.3) is 0 Å². The number of likely N-dealkylation sites (tertiary alicyclic amines) is 1. The fourth-order valence-electron chi connectivity index (χ4n) is 2.18. The Morgan fingerprint density at radius 3 is 2.84 bits per heavy atom. The van der Waals surface area contributed by atoms with E-state index < -0.39 is 0 Å². The monoisotopic (exact) mass is 348 g/mol. The summed E-state index contributed by atoms with van der Waals surface area (Å²) in [5.74, 6) is 0.760. The molecule has 1 atom stereocenters. The summed E-state index contributed by atoms with van der Waals surface area (Å²) in [7, 11) is 1.60. The van der Waals surface area contributed by atoms with Crippen molar-refractivity contribution in [2.24, 2.45) is 5.73 Å². The van der Waals surface area contributed by atoms with Crippen molar-refractivity contribution in [1.82, 2.24) is 4.90 Å². The lowest BCUT2D eigenvalue weighted by atomic mass is 10.1. The normalized spacial score (nSPS) is 18.7. The Hall–Kier alpha value is -0.780. The van der Waals surface area contributed by atoms with Crippen molar-refractivity contribution in [2.45, 2.75) is 18.9 Å². The maximum absolute atomic E-state index is 12.3. The van der Waals surface area contributed by atoms with E-state index in [0.29, 0.717) is 12.1 Å². The highest BCUT2D eigenvalue weighted by Gasteiger charge is 2.22. The zero-order valence-corrected chi connectivity index (χ0v) is 13.2. The van der Waals surface area contributed by atoms with E-state index in [-0.39, 0.29) is 24.4 Å². The number of amides is 1. The van der Waals surface area contributed by atoms with Crippen molar-refractivity contribution in [3.63, 3.8) is 0 Å². The molecule has 2 rings (SSSR count). The highest BCUT2D eigenvalue weighted by Crippen LogP contribution is 2.26. The van der Waals surface area contributed by atoms with Gasteiger partial charge in [-0.05, 0) is 47.0 Å². The number of hydrogen-bond donors (Lipinski definition) is 1. The average molecular weight is 350 g/mol. The maximum atomic E-state index is 12.3. The van der Waals surface area contributed by atoms with Crippen molar-refractivity contribution in [2.75, 3.05) is 20.2 Å². The number of methoxy groups -OCH3 is 1. The van der Waals surface area contributed by atoms with Crippen LogP contribution in [0.4, 0.5) is 0 Å². The lowest BCUT2D eigenvalue weighted by Crippen LogP contribution is -2.45. The first kappa shape index (κ1) is 16.3. The van der Waals surface area contributed by atoms with E-state index in [0.717, 1.165) is 29.6 Å². The second-order valence-electron chi connectivity index (χ2n) is 4.50. The van der Waals surface area contributed by atoms with Crippen LogP contribution < -0.4 is 10.5 Å². The number of rotatable bonds is 2. The summed E-state index contributed by atoms with van der Waals surface area (Å²) < 4.78 is 5.94. The fraction of sp³-hybridized carbons (Fsp3) is 0.462. The first-order valence-electron chi connectivity index (χ1n) is 6.00. The van der Waals surface area contributed by atoms with E-state index in [1.165, 1.54) is 0 Å². The Kier molecular flexibility index (Phi) is 6.10. The average Bonchev–Trinajstić information content (AvgIpc) is 2.37. The Morgan fingerprint density at radius 1 is 1.53 bits per heavy atom. The molecular weight excluding hydrogens is 332 g/mol. The van der Waals surface area contributed by atoms with Crippen LogP contribution >= 0.6 is 28.3 Å². The van der Waals surface area contributed by atoms with E-state index in [2.05, 4.69) is 15.9 Å². The summed E-state index contributed by atoms with van der Waals surface area (Å²) in [6.45, 7) is 1.43. The molecule has 1 aromatic carbocycles. The highest BCUT2D eigenvalue weighted by molar-refractivity contribution is 9.10. The van der Waals surface area contributed by atoms with Crippen molar-refractivity contribution >= 4 is 34.2 Å². The van der Waals surface area contributed by atoms with E-state index in [1.54, 1.807) is 25.3 Å². The van der Waals surface area contributed by atoms with Gasteiger partial charge in [-0.15, -0.1) is 12.4 Å². The summed E-state index contributed by atoms with van der Waals surface area (Å²) in [6, 6.07) is 5.47. The van der Waals surface area contributed by atoms with E-state index in [1.807, 2.05) is 4.90 Å². The van der Waals surface area contributed by atoms with Gasteiger partial charge in [-0.3, -0.25) is 4.79 Å². The Balaban J connectivity index is 0.00000180. The van der Waals surface area contributed by atoms with Gasteiger partial charge in [-0.25, -0.2) is 0 Å². The molecule has 0 saturated carbocycles. The number of carbonyl (C=O) groups is 1. The molecule has 1 fully saturated rings. The van der Waals surface area contributed by atoms with Crippen molar-refractivity contribution < 1.29 is 9.53 Å². The minimum Gasteiger partial charge on any atom is -0.496 e. The maximum Gasteiger partial charge on any atom is 0.253 e. The predicted molar refractivity (Wildman–Crippen MR) is 81.1 cm³/mol. The van der Waals surface area contributed by atoms with Crippen LogP contribution in [0.5, 0.6) is 5.75 Å². The number of hydrogen-bond acceptors (Lipinski definition) is 3. The minimum absolute atomic E-state index is 0. The van der Waals surface area contributed by atoms with Gasteiger partial charge in [0.05, 0.1) is 11.6 Å². The first-order chi connectivity index (χ1) is 8.61. The van der Waals surface area contributed by atoms with Crippen molar-refractivity contribution in [1.29, 1.82) is 0 Å². The summed E-state index contributed by atoms with van der Waals surface area (Å²) in [4.78, 5) is 14.1. The zero-order valence-electron chi connectivity index (χ0n) is 10.8. The molecular formula is C13H18BrClN2O2. The molecule has 1 saturated heterocycles.